The number of hydrogen-bond donors (Lipinski definition) is 1. The summed E-state index contributed by atoms with van der Waals surface area (Å²) in [5.41, 5.74) is 10.9. The van der Waals surface area contributed by atoms with Crippen molar-refractivity contribution >= 4 is 29.2 Å². The minimum Gasteiger partial charge on any atom is -0.463 e. The lowest BCUT2D eigenvalue weighted by Gasteiger charge is -2.10. The molecule has 1 aliphatic rings. The summed E-state index contributed by atoms with van der Waals surface area (Å²) in [6, 6.07) is 12.2. The molecule has 4 nitrogen and oxygen atoms in total. The molecule has 2 heterocycles. The van der Waals surface area contributed by atoms with E-state index in [1.54, 1.807) is 18.7 Å². The third-order valence-corrected chi connectivity index (χ3v) is 4.56. The third-order valence-electron chi connectivity index (χ3n) is 4.56. The fraction of sp³-hybridized carbons (Fsp3) is 0.143. The molecule has 0 atom stereocenters. The number of amides is 1. The Morgan fingerprint density at radius 3 is 2.76 bits per heavy atom. The van der Waals surface area contributed by atoms with Gasteiger partial charge in [0.15, 0.2) is 0 Å². The van der Waals surface area contributed by atoms with Gasteiger partial charge in [0, 0.05) is 34.5 Å². The molecule has 0 unspecified atom stereocenters. The Balaban J connectivity index is 1.73. The summed E-state index contributed by atoms with van der Waals surface area (Å²) in [6.45, 7) is 0. The summed E-state index contributed by atoms with van der Waals surface area (Å²) in [7, 11) is 0. The summed E-state index contributed by atoms with van der Waals surface area (Å²) in [5.74, 6) is -0.427. The topological polar surface area (TPSA) is 68.6 Å². The second-order valence-corrected chi connectivity index (χ2v) is 6.18. The molecule has 3 aromatic rings. The van der Waals surface area contributed by atoms with Crippen molar-refractivity contribution in [3.05, 3.63) is 76.7 Å². The van der Waals surface area contributed by atoms with Crippen molar-refractivity contribution in [2.24, 2.45) is 10.7 Å². The van der Waals surface area contributed by atoms with Crippen molar-refractivity contribution < 1.29 is 9.21 Å². The van der Waals surface area contributed by atoms with Crippen molar-refractivity contribution in [2.45, 2.75) is 19.3 Å². The van der Waals surface area contributed by atoms with E-state index in [0.717, 1.165) is 46.9 Å². The minimum atomic E-state index is -0.427. The molecule has 1 aromatic heterocycles. The van der Waals surface area contributed by atoms with Gasteiger partial charge in [-0.05, 0) is 42.5 Å². The Hall–Kier alpha value is -3.14. The SMILES string of the molecule is NC(=O)c1cc2c3c(coc3c1CCCc1ccccc1)C=NC=C2. The molecular weight excluding hydrogens is 312 g/mol. The van der Waals surface area contributed by atoms with Gasteiger partial charge in [-0.1, -0.05) is 30.3 Å². The summed E-state index contributed by atoms with van der Waals surface area (Å²) < 4.78 is 5.81. The largest absolute Gasteiger partial charge is 0.463 e. The summed E-state index contributed by atoms with van der Waals surface area (Å²) in [4.78, 5) is 16.2. The van der Waals surface area contributed by atoms with Crippen molar-refractivity contribution in [3.8, 4) is 0 Å². The lowest BCUT2D eigenvalue weighted by molar-refractivity contribution is 0.0999. The second-order valence-electron chi connectivity index (χ2n) is 6.18. The fourth-order valence-corrected chi connectivity index (χ4v) is 3.38. The molecule has 4 rings (SSSR count). The maximum absolute atomic E-state index is 12.0. The van der Waals surface area contributed by atoms with Crippen LogP contribution >= 0.6 is 0 Å². The number of primary amides is 1. The smallest absolute Gasteiger partial charge is 0.249 e. The van der Waals surface area contributed by atoms with Crippen LogP contribution in [0.5, 0.6) is 0 Å². The first-order valence-electron chi connectivity index (χ1n) is 8.34. The van der Waals surface area contributed by atoms with Gasteiger partial charge in [-0.15, -0.1) is 0 Å². The minimum absolute atomic E-state index is 0.427. The first kappa shape index (κ1) is 15.4. The van der Waals surface area contributed by atoms with Crippen LogP contribution in [0.25, 0.3) is 17.0 Å². The van der Waals surface area contributed by atoms with E-state index in [4.69, 9.17) is 10.2 Å². The number of rotatable bonds is 5. The van der Waals surface area contributed by atoms with Gasteiger partial charge < -0.3 is 10.2 Å². The van der Waals surface area contributed by atoms with E-state index in [1.165, 1.54) is 5.56 Å². The number of furan rings is 1. The molecule has 1 amide bonds. The lowest BCUT2D eigenvalue weighted by atomic mass is 9.93. The van der Waals surface area contributed by atoms with Crippen LogP contribution in [0, 0.1) is 0 Å². The van der Waals surface area contributed by atoms with Crippen molar-refractivity contribution in [2.75, 3.05) is 0 Å². The number of aliphatic imine (C=N–C) groups is 1. The highest BCUT2D eigenvalue weighted by molar-refractivity contribution is 6.08. The Morgan fingerprint density at radius 2 is 1.96 bits per heavy atom. The van der Waals surface area contributed by atoms with E-state index in [1.807, 2.05) is 30.3 Å². The van der Waals surface area contributed by atoms with Crippen molar-refractivity contribution in [3.63, 3.8) is 0 Å². The van der Waals surface area contributed by atoms with Crippen LogP contribution in [0.3, 0.4) is 0 Å². The Labute approximate surface area is 145 Å². The number of carbonyl (C=O) groups excluding carboxylic acids is 1. The first-order valence-corrected chi connectivity index (χ1v) is 8.34. The number of hydrogen-bond acceptors (Lipinski definition) is 3. The van der Waals surface area contributed by atoms with E-state index >= 15 is 0 Å². The van der Waals surface area contributed by atoms with Gasteiger partial charge in [0.1, 0.15) is 11.8 Å². The maximum Gasteiger partial charge on any atom is 0.249 e. The van der Waals surface area contributed by atoms with Crippen LogP contribution in [0.15, 0.2) is 58.3 Å². The molecule has 2 N–H and O–H groups in total. The van der Waals surface area contributed by atoms with Gasteiger partial charge in [0.2, 0.25) is 5.91 Å². The predicted octanol–water partition coefficient (Wildman–Crippen LogP) is 4.11. The van der Waals surface area contributed by atoms with Crippen LogP contribution in [0.2, 0.25) is 0 Å². The maximum atomic E-state index is 12.0. The number of nitrogens with zero attached hydrogens (tertiary/aromatic N) is 1. The van der Waals surface area contributed by atoms with Crippen LogP contribution in [0.4, 0.5) is 0 Å². The quantitative estimate of drug-likeness (QED) is 0.765. The van der Waals surface area contributed by atoms with E-state index in [0.29, 0.717) is 5.56 Å². The number of aryl methyl sites for hydroxylation is 2. The summed E-state index contributed by atoms with van der Waals surface area (Å²) in [5, 5.41) is 0.997. The highest BCUT2D eigenvalue weighted by Gasteiger charge is 2.20. The molecular formula is C21H18N2O2. The number of carbonyl (C=O) groups is 1. The van der Waals surface area contributed by atoms with E-state index in [-0.39, 0.29) is 0 Å². The number of benzene rings is 2. The van der Waals surface area contributed by atoms with Gasteiger partial charge in [-0.2, -0.15) is 0 Å². The zero-order chi connectivity index (χ0) is 17.2. The molecule has 0 saturated heterocycles. The van der Waals surface area contributed by atoms with Gasteiger partial charge in [0.25, 0.3) is 0 Å². The zero-order valence-electron chi connectivity index (χ0n) is 13.7. The molecule has 0 bridgehead atoms. The van der Waals surface area contributed by atoms with Crippen molar-refractivity contribution in [1.82, 2.24) is 0 Å². The normalized spacial score (nSPS) is 12.5. The van der Waals surface area contributed by atoms with E-state index in [9.17, 15) is 4.79 Å². The molecule has 0 spiro atoms. The molecule has 124 valence electrons. The average Bonchev–Trinajstić information content (AvgIpc) is 2.93. The van der Waals surface area contributed by atoms with E-state index < -0.39 is 5.91 Å². The van der Waals surface area contributed by atoms with Gasteiger partial charge in [-0.25, -0.2) is 0 Å². The lowest BCUT2D eigenvalue weighted by Crippen LogP contribution is -2.14. The predicted molar refractivity (Wildman–Crippen MR) is 99.8 cm³/mol. The molecule has 0 saturated carbocycles. The fourth-order valence-electron chi connectivity index (χ4n) is 3.38. The average molecular weight is 330 g/mol. The van der Waals surface area contributed by atoms with Gasteiger partial charge in [0.05, 0.1) is 0 Å². The second kappa shape index (κ2) is 6.40. The standard InChI is InChI=1S/C21H18N2O2/c22-21(24)18-11-15-9-10-23-12-16-13-25-20(19(15)16)17(18)8-4-7-14-5-2-1-3-6-14/h1-3,5-6,9-13H,4,7-8H2,(H2,22,24). The number of nitrogens with two attached hydrogens (primary N) is 1. The van der Waals surface area contributed by atoms with Crippen LogP contribution in [-0.4, -0.2) is 12.1 Å². The molecule has 1 aliphatic heterocycles. The Morgan fingerprint density at radius 1 is 1.12 bits per heavy atom. The van der Waals surface area contributed by atoms with Crippen LogP contribution in [-0.2, 0) is 12.8 Å². The van der Waals surface area contributed by atoms with Gasteiger partial charge in [-0.3, -0.25) is 9.79 Å². The highest BCUT2D eigenvalue weighted by atomic mass is 16.3. The molecule has 4 heteroatoms. The highest BCUT2D eigenvalue weighted by Crippen LogP contribution is 2.33. The van der Waals surface area contributed by atoms with Gasteiger partial charge >= 0.3 is 0 Å². The Kier molecular flexibility index (Phi) is 3.94. The van der Waals surface area contributed by atoms with Crippen molar-refractivity contribution in [1.29, 1.82) is 0 Å². The zero-order valence-corrected chi connectivity index (χ0v) is 13.7. The molecule has 2 aromatic carbocycles. The molecule has 25 heavy (non-hydrogen) atoms. The Bertz CT molecular complexity index is 998. The molecule has 0 radical (unpaired) electrons. The monoisotopic (exact) mass is 330 g/mol. The molecule has 0 aliphatic carbocycles. The van der Waals surface area contributed by atoms with Crippen LogP contribution < -0.4 is 5.73 Å². The van der Waals surface area contributed by atoms with Crippen LogP contribution in [0.1, 0.15) is 39.0 Å². The first-order chi connectivity index (χ1) is 12.2. The molecule has 0 fully saturated rings. The van der Waals surface area contributed by atoms with E-state index in [2.05, 4.69) is 17.1 Å². The summed E-state index contributed by atoms with van der Waals surface area (Å²) >= 11 is 0. The third kappa shape index (κ3) is 2.87. The summed E-state index contributed by atoms with van der Waals surface area (Å²) in [6.07, 6.45) is 9.65.